The molecule has 0 aliphatic rings. The molecule has 0 spiro atoms. The van der Waals surface area contributed by atoms with Crippen LogP contribution >= 0.6 is 0 Å². The van der Waals surface area contributed by atoms with Crippen molar-refractivity contribution in [1.82, 2.24) is 19.5 Å². The molecule has 0 unspecified atom stereocenters. The van der Waals surface area contributed by atoms with Crippen LogP contribution in [0.15, 0.2) is 96.3 Å². The zero-order valence-corrected chi connectivity index (χ0v) is 18.1. The smallest absolute Gasteiger partial charge is 0.250 e. The summed E-state index contributed by atoms with van der Waals surface area (Å²) in [7, 11) is 0. The molecule has 0 saturated carbocycles. The van der Waals surface area contributed by atoms with Gasteiger partial charge in [-0.2, -0.15) is 0 Å². The van der Waals surface area contributed by atoms with Crippen LogP contribution in [-0.2, 0) is 13.0 Å². The lowest BCUT2D eigenvalue weighted by Gasteiger charge is -2.12. The molecule has 7 heteroatoms. The first-order chi connectivity index (χ1) is 16.6. The first kappa shape index (κ1) is 21.2. The second-order valence-corrected chi connectivity index (χ2v) is 7.93. The Bertz CT molecular complexity index is 1560. The van der Waals surface area contributed by atoms with Crippen molar-refractivity contribution in [2.45, 2.75) is 13.0 Å². The molecule has 5 rings (SSSR count). The number of carbonyl (C=O) groups is 1. The summed E-state index contributed by atoms with van der Waals surface area (Å²) in [5.74, 6) is -0.673. The largest absolute Gasteiger partial charge is 0.504 e. The Balaban J connectivity index is 1.58. The molecule has 1 aromatic carbocycles. The van der Waals surface area contributed by atoms with Gasteiger partial charge in [-0.1, -0.05) is 18.2 Å². The lowest BCUT2D eigenvalue weighted by molar-refractivity contribution is 0.103. The molecule has 0 fully saturated rings. The Kier molecular flexibility index (Phi) is 5.66. The van der Waals surface area contributed by atoms with Gasteiger partial charge >= 0.3 is 0 Å². The van der Waals surface area contributed by atoms with Crippen LogP contribution < -0.4 is 5.56 Å². The molecule has 1 N–H and O–H groups in total. The van der Waals surface area contributed by atoms with Crippen molar-refractivity contribution in [3.63, 3.8) is 0 Å². The summed E-state index contributed by atoms with van der Waals surface area (Å²) in [6.07, 6.45) is 7.02. The average molecular weight is 448 g/mol. The zero-order chi connectivity index (χ0) is 23.5. The van der Waals surface area contributed by atoms with Crippen molar-refractivity contribution < 1.29 is 9.90 Å². The molecule has 0 saturated heterocycles. The molecule has 166 valence electrons. The maximum Gasteiger partial charge on any atom is 0.250 e. The molecule has 7 nitrogen and oxygen atoms in total. The number of aromatic nitrogens is 4. The lowest BCUT2D eigenvalue weighted by atomic mass is 9.97. The molecule has 4 heterocycles. The summed E-state index contributed by atoms with van der Waals surface area (Å²) >= 11 is 0. The topological polar surface area (TPSA) is 98.0 Å². The number of nitrogens with zero attached hydrogens (tertiary/aromatic N) is 4. The second-order valence-electron chi connectivity index (χ2n) is 7.93. The number of rotatable bonds is 6. The van der Waals surface area contributed by atoms with E-state index in [0.717, 1.165) is 16.8 Å². The van der Waals surface area contributed by atoms with E-state index in [0.29, 0.717) is 29.4 Å². The van der Waals surface area contributed by atoms with Crippen LogP contribution in [0.5, 0.6) is 5.75 Å². The van der Waals surface area contributed by atoms with Crippen LogP contribution in [0.1, 0.15) is 32.9 Å². The van der Waals surface area contributed by atoms with Crippen LogP contribution in [0.3, 0.4) is 0 Å². The molecule has 0 aliphatic heterocycles. The van der Waals surface area contributed by atoms with E-state index >= 15 is 0 Å². The van der Waals surface area contributed by atoms with Gasteiger partial charge in [0, 0.05) is 53.9 Å². The highest BCUT2D eigenvalue weighted by molar-refractivity contribution is 6.11. The van der Waals surface area contributed by atoms with Gasteiger partial charge in [-0.15, -0.1) is 0 Å². The highest BCUT2D eigenvalue weighted by Crippen LogP contribution is 2.27. The van der Waals surface area contributed by atoms with Crippen molar-refractivity contribution in [1.29, 1.82) is 0 Å². The van der Waals surface area contributed by atoms with Crippen molar-refractivity contribution in [3.05, 3.63) is 130 Å². The minimum atomic E-state index is -0.422. The Labute approximate surface area is 195 Å². The number of aromatic hydroxyl groups is 1. The van der Waals surface area contributed by atoms with Gasteiger partial charge < -0.3 is 9.67 Å². The first-order valence-electron chi connectivity index (χ1n) is 10.7. The molecule has 0 atom stereocenters. The quantitative estimate of drug-likeness (QED) is 0.397. The zero-order valence-electron chi connectivity index (χ0n) is 18.1. The fourth-order valence-electron chi connectivity index (χ4n) is 3.92. The highest BCUT2D eigenvalue weighted by atomic mass is 16.3. The van der Waals surface area contributed by atoms with Gasteiger partial charge in [-0.25, -0.2) is 4.98 Å². The number of hydrogen-bond donors (Lipinski definition) is 1. The summed E-state index contributed by atoms with van der Waals surface area (Å²) in [5.41, 5.74) is 2.98. The Morgan fingerprint density at radius 1 is 0.882 bits per heavy atom. The summed E-state index contributed by atoms with van der Waals surface area (Å²) in [6, 6.07) is 19.6. The van der Waals surface area contributed by atoms with Gasteiger partial charge in [0.1, 0.15) is 5.52 Å². The Morgan fingerprint density at radius 3 is 2.53 bits per heavy atom. The van der Waals surface area contributed by atoms with Gasteiger partial charge in [0.2, 0.25) is 5.78 Å². The summed E-state index contributed by atoms with van der Waals surface area (Å²) in [4.78, 5) is 38.5. The Hall–Kier alpha value is -4.65. The normalized spacial score (nSPS) is 10.9. The van der Waals surface area contributed by atoms with E-state index in [2.05, 4.69) is 15.0 Å². The van der Waals surface area contributed by atoms with Crippen molar-refractivity contribution in [3.8, 4) is 5.75 Å². The van der Waals surface area contributed by atoms with Gasteiger partial charge in [0.05, 0.1) is 6.54 Å². The molecular formula is C27H20N4O3. The molecule has 34 heavy (non-hydrogen) atoms. The monoisotopic (exact) mass is 448 g/mol. The fraction of sp³-hybridized carbons (Fsp3) is 0.0741. The Morgan fingerprint density at radius 2 is 1.71 bits per heavy atom. The second kappa shape index (κ2) is 9.07. The third kappa shape index (κ3) is 4.31. The van der Waals surface area contributed by atoms with E-state index in [4.69, 9.17) is 0 Å². The molecule has 0 aliphatic carbocycles. The van der Waals surface area contributed by atoms with E-state index in [1.54, 1.807) is 59.6 Å². The predicted octanol–water partition coefficient (Wildman–Crippen LogP) is 3.76. The van der Waals surface area contributed by atoms with Crippen molar-refractivity contribution in [2.24, 2.45) is 0 Å². The maximum absolute atomic E-state index is 13.5. The van der Waals surface area contributed by atoms with Crippen LogP contribution in [0, 0.1) is 0 Å². The highest BCUT2D eigenvalue weighted by Gasteiger charge is 2.20. The minimum absolute atomic E-state index is 0.0657. The maximum atomic E-state index is 13.5. The van der Waals surface area contributed by atoms with Crippen molar-refractivity contribution >= 4 is 16.7 Å². The third-order valence-corrected chi connectivity index (χ3v) is 5.51. The molecule has 0 radical (unpaired) electrons. The summed E-state index contributed by atoms with van der Waals surface area (Å²) in [6.45, 7) is 0.300. The average Bonchev–Trinajstić information content (AvgIpc) is 2.86. The number of pyridine rings is 4. The first-order valence-corrected chi connectivity index (χ1v) is 10.7. The van der Waals surface area contributed by atoms with Gasteiger partial charge in [0.25, 0.3) is 5.56 Å². The summed E-state index contributed by atoms with van der Waals surface area (Å²) < 4.78 is 1.57. The number of hydrogen-bond acceptors (Lipinski definition) is 6. The van der Waals surface area contributed by atoms with E-state index in [9.17, 15) is 14.7 Å². The molecule has 5 aromatic rings. The van der Waals surface area contributed by atoms with Gasteiger partial charge in [-0.3, -0.25) is 19.6 Å². The predicted molar refractivity (Wildman–Crippen MR) is 128 cm³/mol. The van der Waals surface area contributed by atoms with E-state index in [-0.39, 0.29) is 17.0 Å². The SMILES string of the molecule is O=C(c1cc(Cc2ccccn2)cc(Cn2ccccc2=O)c1)c1ncc2cccnc2c1O. The number of fused-ring (bicyclic) bond motifs is 1. The van der Waals surface area contributed by atoms with Crippen LogP contribution in [-0.4, -0.2) is 30.4 Å². The fourth-order valence-corrected chi connectivity index (χ4v) is 3.92. The molecule has 4 aromatic heterocycles. The minimum Gasteiger partial charge on any atom is -0.504 e. The molecule has 0 bridgehead atoms. The third-order valence-electron chi connectivity index (χ3n) is 5.51. The lowest BCUT2D eigenvalue weighted by Crippen LogP contribution is -2.18. The van der Waals surface area contributed by atoms with Gasteiger partial charge in [-0.05, 0) is 53.6 Å². The van der Waals surface area contributed by atoms with Crippen molar-refractivity contribution in [2.75, 3.05) is 0 Å². The van der Waals surface area contributed by atoms with Crippen LogP contribution in [0.4, 0.5) is 0 Å². The van der Waals surface area contributed by atoms with Crippen LogP contribution in [0.2, 0.25) is 0 Å². The van der Waals surface area contributed by atoms with Crippen LogP contribution in [0.25, 0.3) is 10.9 Å². The molecule has 0 amide bonds. The molecular weight excluding hydrogens is 428 g/mol. The summed E-state index contributed by atoms with van der Waals surface area (Å²) in [5, 5.41) is 11.4. The number of ketones is 1. The van der Waals surface area contributed by atoms with Gasteiger partial charge in [0.15, 0.2) is 11.4 Å². The standard InChI is InChI=1S/C27H20N4O3/c32-23-8-2-4-11-31(23)17-19-12-18(15-22-7-1-3-9-28-22)13-21(14-19)26(33)25-27(34)24-20(16-30-25)6-5-10-29-24/h1-14,16,34H,15,17H2. The van der Waals surface area contributed by atoms with E-state index in [1.165, 1.54) is 12.3 Å². The number of benzene rings is 1. The number of carbonyl (C=O) groups excluding carboxylic acids is 1. The van der Waals surface area contributed by atoms with E-state index < -0.39 is 5.78 Å². The van der Waals surface area contributed by atoms with E-state index in [1.807, 2.05) is 24.3 Å².